The lowest BCUT2D eigenvalue weighted by Crippen LogP contribution is -2.34. The Labute approximate surface area is 121 Å². The summed E-state index contributed by atoms with van der Waals surface area (Å²) in [4.78, 5) is 26.8. The van der Waals surface area contributed by atoms with Crippen molar-refractivity contribution in [1.82, 2.24) is 10.3 Å². The first-order chi connectivity index (χ1) is 10.2. The number of nitrogens with zero attached hydrogens (tertiary/aromatic N) is 1. The van der Waals surface area contributed by atoms with Gasteiger partial charge in [-0.05, 0) is 17.7 Å². The van der Waals surface area contributed by atoms with Crippen LogP contribution in [-0.4, -0.2) is 22.2 Å². The first-order valence-electron chi connectivity index (χ1n) is 6.28. The zero-order chi connectivity index (χ0) is 15.1. The van der Waals surface area contributed by atoms with E-state index in [1.54, 1.807) is 24.3 Å². The number of aromatic nitrogens is 1. The van der Waals surface area contributed by atoms with Gasteiger partial charge in [0, 0.05) is 6.20 Å². The van der Waals surface area contributed by atoms with Crippen LogP contribution in [0.25, 0.3) is 0 Å². The number of hydrogen-bond donors (Lipinski definition) is 2. The molecule has 1 amide bonds. The molecular formula is C15H14N2O4. The van der Waals surface area contributed by atoms with Crippen molar-refractivity contribution in [3.63, 3.8) is 0 Å². The summed E-state index contributed by atoms with van der Waals surface area (Å²) in [6.45, 7) is 0.0707. The molecule has 0 aliphatic rings. The van der Waals surface area contributed by atoms with Crippen LogP contribution >= 0.6 is 0 Å². The van der Waals surface area contributed by atoms with Crippen molar-refractivity contribution in [3.05, 3.63) is 66.0 Å². The van der Waals surface area contributed by atoms with E-state index in [9.17, 15) is 9.59 Å². The van der Waals surface area contributed by atoms with E-state index in [2.05, 4.69) is 10.3 Å². The van der Waals surface area contributed by atoms with Crippen molar-refractivity contribution in [1.29, 1.82) is 0 Å². The Morgan fingerprint density at radius 2 is 1.86 bits per heavy atom. The summed E-state index contributed by atoms with van der Waals surface area (Å²) in [7, 11) is 0. The normalized spacial score (nSPS) is 11.4. The van der Waals surface area contributed by atoms with Crippen molar-refractivity contribution in [2.75, 3.05) is 0 Å². The monoisotopic (exact) mass is 286 g/mol. The third kappa shape index (κ3) is 4.31. The number of amides is 1. The minimum atomic E-state index is -1.24. The number of aliphatic carboxylic acids is 1. The van der Waals surface area contributed by atoms with Crippen LogP contribution in [0.3, 0.4) is 0 Å². The number of carboxylic acid groups (broad SMARTS) is 1. The van der Waals surface area contributed by atoms with E-state index in [4.69, 9.17) is 9.84 Å². The lowest BCUT2D eigenvalue weighted by Gasteiger charge is -2.14. The molecule has 0 saturated carbocycles. The fourth-order valence-corrected chi connectivity index (χ4v) is 1.69. The number of rotatable bonds is 5. The highest BCUT2D eigenvalue weighted by atomic mass is 16.5. The van der Waals surface area contributed by atoms with Crippen LogP contribution in [0.5, 0.6) is 0 Å². The van der Waals surface area contributed by atoms with E-state index >= 15 is 0 Å². The van der Waals surface area contributed by atoms with Gasteiger partial charge in [0.2, 0.25) is 0 Å². The SMILES string of the molecule is O=C(N[C@@H](C(=O)O)c1ccccn1)OCc1ccccc1. The lowest BCUT2D eigenvalue weighted by atomic mass is 10.2. The average molecular weight is 286 g/mol. The molecule has 2 aromatic rings. The van der Waals surface area contributed by atoms with Crippen LogP contribution < -0.4 is 5.32 Å². The Balaban J connectivity index is 1.95. The maximum Gasteiger partial charge on any atom is 0.408 e. The Hall–Kier alpha value is -2.89. The molecular weight excluding hydrogens is 272 g/mol. The van der Waals surface area contributed by atoms with Gasteiger partial charge < -0.3 is 15.2 Å². The van der Waals surface area contributed by atoms with Crippen molar-refractivity contribution >= 4 is 12.1 Å². The Morgan fingerprint density at radius 1 is 1.14 bits per heavy atom. The van der Waals surface area contributed by atoms with E-state index in [1.807, 2.05) is 18.2 Å². The first kappa shape index (κ1) is 14.5. The number of benzene rings is 1. The Bertz CT molecular complexity index is 602. The predicted octanol–water partition coefficient (Wildman–Crippen LogP) is 2.13. The van der Waals surface area contributed by atoms with E-state index < -0.39 is 18.1 Å². The molecule has 0 bridgehead atoms. The van der Waals surface area contributed by atoms with E-state index in [0.29, 0.717) is 0 Å². The summed E-state index contributed by atoms with van der Waals surface area (Å²) < 4.78 is 4.99. The maximum atomic E-state index is 11.7. The van der Waals surface area contributed by atoms with Gasteiger partial charge in [-0.15, -0.1) is 0 Å². The highest BCUT2D eigenvalue weighted by molar-refractivity contribution is 5.80. The minimum absolute atomic E-state index is 0.0707. The predicted molar refractivity (Wildman–Crippen MR) is 74.4 cm³/mol. The van der Waals surface area contributed by atoms with Gasteiger partial charge in [-0.25, -0.2) is 9.59 Å². The summed E-state index contributed by atoms with van der Waals surface area (Å²) in [5.74, 6) is -1.20. The topological polar surface area (TPSA) is 88.5 Å². The zero-order valence-electron chi connectivity index (χ0n) is 11.1. The number of ether oxygens (including phenoxy) is 1. The molecule has 0 unspecified atom stereocenters. The van der Waals surface area contributed by atoms with Gasteiger partial charge in [0.15, 0.2) is 6.04 Å². The second kappa shape index (κ2) is 7.04. The standard InChI is InChI=1S/C15H14N2O4/c18-14(19)13(12-8-4-5-9-16-12)17-15(20)21-10-11-6-2-1-3-7-11/h1-9,13H,10H2,(H,17,20)(H,18,19)/t13-/m1/s1. The van der Waals surface area contributed by atoms with Crippen LogP contribution in [0.4, 0.5) is 4.79 Å². The maximum absolute atomic E-state index is 11.7. The van der Waals surface area contributed by atoms with Crippen LogP contribution in [0.2, 0.25) is 0 Å². The average Bonchev–Trinajstić information content (AvgIpc) is 2.52. The molecule has 108 valence electrons. The summed E-state index contributed by atoms with van der Waals surface area (Å²) in [5.41, 5.74) is 1.05. The summed E-state index contributed by atoms with van der Waals surface area (Å²) in [6, 6.07) is 12.7. The smallest absolute Gasteiger partial charge is 0.408 e. The molecule has 0 radical (unpaired) electrons. The highest BCUT2D eigenvalue weighted by Crippen LogP contribution is 2.10. The molecule has 2 N–H and O–H groups in total. The van der Waals surface area contributed by atoms with Crippen LogP contribution in [0.1, 0.15) is 17.3 Å². The number of carbonyl (C=O) groups is 2. The lowest BCUT2D eigenvalue weighted by molar-refractivity contribution is -0.139. The molecule has 0 spiro atoms. The highest BCUT2D eigenvalue weighted by Gasteiger charge is 2.23. The molecule has 6 heteroatoms. The third-order valence-corrected chi connectivity index (χ3v) is 2.71. The fourth-order valence-electron chi connectivity index (χ4n) is 1.69. The van der Waals surface area contributed by atoms with Crippen LogP contribution in [0, 0.1) is 0 Å². The number of nitrogens with one attached hydrogen (secondary N) is 1. The quantitative estimate of drug-likeness (QED) is 0.879. The summed E-state index contributed by atoms with van der Waals surface area (Å²) >= 11 is 0. The van der Waals surface area contributed by atoms with Crippen molar-refractivity contribution in [2.45, 2.75) is 12.6 Å². The van der Waals surface area contributed by atoms with Gasteiger partial charge in [-0.3, -0.25) is 4.98 Å². The molecule has 1 heterocycles. The van der Waals surface area contributed by atoms with Gasteiger partial charge in [0.1, 0.15) is 6.61 Å². The van der Waals surface area contributed by atoms with E-state index in [-0.39, 0.29) is 12.3 Å². The molecule has 0 aliphatic heterocycles. The minimum Gasteiger partial charge on any atom is -0.479 e. The van der Waals surface area contributed by atoms with Crippen molar-refractivity contribution in [2.24, 2.45) is 0 Å². The molecule has 1 aromatic carbocycles. The molecule has 0 aliphatic carbocycles. The summed E-state index contributed by atoms with van der Waals surface area (Å²) in [6.07, 6.45) is 0.652. The van der Waals surface area contributed by atoms with E-state index in [0.717, 1.165) is 5.56 Å². The number of pyridine rings is 1. The van der Waals surface area contributed by atoms with Gasteiger partial charge >= 0.3 is 12.1 Å². The molecule has 6 nitrogen and oxygen atoms in total. The van der Waals surface area contributed by atoms with Gasteiger partial charge in [0.25, 0.3) is 0 Å². The van der Waals surface area contributed by atoms with Crippen molar-refractivity contribution < 1.29 is 19.4 Å². The fraction of sp³-hybridized carbons (Fsp3) is 0.133. The largest absolute Gasteiger partial charge is 0.479 e. The molecule has 21 heavy (non-hydrogen) atoms. The third-order valence-electron chi connectivity index (χ3n) is 2.71. The number of carbonyl (C=O) groups excluding carboxylic acids is 1. The second-order valence-corrected chi connectivity index (χ2v) is 4.23. The molecule has 0 saturated heterocycles. The summed E-state index contributed by atoms with van der Waals surface area (Å²) in [5, 5.41) is 11.4. The number of hydrogen-bond acceptors (Lipinski definition) is 4. The van der Waals surface area contributed by atoms with Gasteiger partial charge in [-0.2, -0.15) is 0 Å². The van der Waals surface area contributed by atoms with Gasteiger partial charge in [0.05, 0.1) is 5.69 Å². The Kier molecular flexibility index (Phi) is 4.87. The van der Waals surface area contributed by atoms with Crippen LogP contribution in [0.15, 0.2) is 54.7 Å². The zero-order valence-corrected chi connectivity index (χ0v) is 11.1. The van der Waals surface area contributed by atoms with Crippen LogP contribution in [-0.2, 0) is 16.1 Å². The van der Waals surface area contributed by atoms with Gasteiger partial charge in [-0.1, -0.05) is 36.4 Å². The molecule has 1 atom stereocenters. The Morgan fingerprint density at radius 3 is 2.48 bits per heavy atom. The number of alkyl carbamates (subject to hydrolysis) is 1. The molecule has 1 aromatic heterocycles. The molecule has 2 rings (SSSR count). The van der Waals surface area contributed by atoms with E-state index in [1.165, 1.54) is 12.3 Å². The second-order valence-electron chi connectivity index (χ2n) is 4.23. The number of carboxylic acids is 1. The molecule has 0 fully saturated rings. The first-order valence-corrected chi connectivity index (χ1v) is 6.28. The van der Waals surface area contributed by atoms with Crippen molar-refractivity contribution in [3.8, 4) is 0 Å².